The van der Waals surface area contributed by atoms with E-state index in [4.69, 9.17) is 17.3 Å². The molecule has 3 heteroatoms. The molecular formula is C17H21ClN2. The maximum Gasteiger partial charge on any atom is 0.0456 e. The molecule has 0 aromatic heterocycles. The Labute approximate surface area is 126 Å². The Balaban J connectivity index is 2.35. The van der Waals surface area contributed by atoms with Crippen molar-refractivity contribution in [3.05, 3.63) is 58.6 Å². The van der Waals surface area contributed by atoms with Crippen molar-refractivity contribution in [2.75, 3.05) is 18.5 Å². The molecule has 0 unspecified atom stereocenters. The summed E-state index contributed by atoms with van der Waals surface area (Å²) in [6, 6.07) is 14.6. The van der Waals surface area contributed by atoms with E-state index in [1.807, 2.05) is 12.1 Å². The molecule has 2 N–H and O–H groups in total. The minimum atomic E-state index is 0.636. The fraction of sp³-hybridized carbons (Fsp3) is 0.294. The normalized spacial score (nSPS) is 10.6. The van der Waals surface area contributed by atoms with Crippen LogP contribution in [0.15, 0.2) is 42.5 Å². The van der Waals surface area contributed by atoms with Crippen LogP contribution in [0.4, 0.5) is 11.4 Å². The van der Waals surface area contributed by atoms with Crippen LogP contribution in [0.5, 0.6) is 0 Å². The van der Waals surface area contributed by atoms with Gasteiger partial charge in [0, 0.05) is 23.4 Å². The van der Waals surface area contributed by atoms with E-state index in [-0.39, 0.29) is 0 Å². The lowest BCUT2D eigenvalue weighted by molar-refractivity contribution is 0.961. The molecule has 2 nitrogen and oxygen atoms in total. The van der Waals surface area contributed by atoms with Crippen molar-refractivity contribution < 1.29 is 0 Å². The highest BCUT2D eigenvalue weighted by molar-refractivity contribution is 6.30. The molecule has 0 saturated heterocycles. The van der Waals surface area contributed by atoms with Gasteiger partial charge < -0.3 is 10.6 Å². The molecule has 2 aromatic rings. The minimum Gasteiger partial charge on any atom is -0.344 e. The molecule has 2 aromatic carbocycles. The first-order valence-electron chi connectivity index (χ1n) is 6.97. The van der Waals surface area contributed by atoms with Crippen LogP contribution in [0.1, 0.15) is 18.1 Å². The van der Waals surface area contributed by atoms with Crippen molar-refractivity contribution in [3.8, 4) is 0 Å². The van der Waals surface area contributed by atoms with E-state index in [9.17, 15) is 0 Å². The summed E-state index contributed by atoms with van der Waals surface area (Å²) in [4.78, 5) is 2.16. The first kappa shape index (κ1) is 14.9. The Kier molecular flexibility index (Phi) is 5.05. The van der Waals surface area contributed by atoms with Crippen LogP contribution in [0.25, 0.3) is 0 Å². The summed E-state index contributed by atoms with van der Waals surface area (Å²) in [6.45, 7) is 2.80. The van der Waals surface area contributed by atoms with Crippen molar-refractivity contribution >= 4 is 23.0 Å². The van der Waals surface area contributed by atoms with E-state index in [0.717, 1.165) is 29.2 Å². The molecule has 2 rings (SSSR count). The lowest BCUT2D eigenvalue weighted by Crippen LogP contribution is -2.13. The second kappa shape index (κ2) is 6.78. The van der Waals surface area contributed by atoms with Gasteiger partial charge in [-0.3, -0.25) is 0 Å². The monoisotopic (exact) mass is 288 g/mol. The molecule has 0 heterocycles. The molecule has 20 heavy (non-hydrogen) atoms. The van der Waals surface area contributed by atoms with Gasteiger partial charge >= 0.3 is 0 Å². The molecule has 0 radical (unpaired) electrons. The van der Waals surface area contributed by atoms with Crippen molar-refractivity contribution in [1.29, 1.82) is 0 Å². The summed E-state index contributed by atoms with van der Waals surface area (Å²) in [6.07, 6.45) is 1.91. The van der Waals surface area contributed by atoms with E-state index < -0.39 is 0 Å². The van der Waals surface area contributed by atoms with Gasteiger partial charge in [-0.2, -0.15) is 0 Å². The second-order valence-corrected chi connectivity index (χ2v) is 5.33. The van der Waals surface area contributed by atoms with Crippen molar-refractivity contribution in [1.82, 2.24) is 0 Å². The van der Waals surface area contributed by atoms with Crippen LogP contribution < -0.4 is 10.6 Å². The van der Waals surface area contributed by atoms with E-state index in [0.29, 0.717) is 6.54 Å². The first-order valence-corrected chi connectivity index (χ1v) is 7.34. The van der Waals surface area contributed by atoms with E-state index >= 15 is 0 Å². The third-order valence-electron chi connectivity index (χ3n) is 3.55. The van der Waals surface area contributed by atoms with Crippen molar-refractivity contribution in [2.45, 2.75) is 19.8 Å². The molecule has 0 bridgehead atoms. The molecule has 0 atom stereocenters. The van der Waals surface area contributed by atoms with E-state index in [1.165, 1.54) is 11.1 Å². The topological polar surface area (TPSA) is 29.3 Å². The Morgan fingerprint density at radius 1 is 1.10 bits per heavy atom. The number of aryl methyl sites for hydroxylation is 1. The third-order valence-corrected chi connectivity index (χ3v) is 3.79. The highest BCUT2D eigenvalue weighted by Crippen LogP contribution is 2.30. The van der Waals surface area contributed by atoms with Crippen molar-refractivity contribution in [3.63, 3.8) is 0 Å². The van der Waals surface area contributed by atoms with Crippen LogP contribution >= 0.6 is 11.6 Å². The van der Waals surface area contributed by atoms with Gasteiger partial charge in [0.1, 0.15) is 0 Å². The Morgan fingerprint density at radius 2 is 1.80 bits per heavy atom. The average molecular weight is 289 g/mol. The van der Waals surface area contributed by atoms with Gasteiger partial charge in [0.2, 0.25) is 0 Å². The SMILES string of the molecule is CCc1ccc(N(C)c2cc(Cl)ccc2CCN)cc1. The van der Waals surface area contributed by atoms with Gasteiger partial charge in [0.05, 0.1) is 0 Å². The molecule has 0 aliphatic rings. The fourth-order valence-corrected chi connectivity index (χ4v) is 2.48. The predicted octanol–water partition coefficient (Wildman–Crippen LogP) is 4.17. The Morgan fingerprint density at radius 3 is 2.40 bits per heavy atom. The number of nitrogens with zero attached hydrogens (tertiary/aromatic N) is 1. The number of benzene rings is 2. The predicted molar refractivity (Wildman–Crippen MR) is 88.1 cm³/mol. The van der Waals surface area contributed by atoms with Crippen LogP contribution in [-0.2, 0) is 12.8 Å². The quantitative estimate of drug-likeness (QED) is 0.895. The summed E-state index contributed by atoms with van der Waals surface area (Å²) in [5.41, 5.74) is 10.5. The number of rotatable bonds is 5. The Bertz CT molecular complexity index is 564. The van der Waals surface area contributed by atoms with Gasteiger partial charge in [-0.25, -0.2) is 0 Å². The van der Waals surface area contributed by atoms with E-state index in [2.05, 4.69) is 49.2 Å². The molecule has 0 amide bonds. The molecule has 0 spiro atoms. The zero-order valence-corrected chi connectivity index (χ0v) is 12.8. The summed E-state index contributed by atoms with van der Waals surface area (Å²) < 4.78 is 0. The second-order valence-electron chi connectivity index (χ2n) is 4.89. The van der Waals surface area contributed by atoms with Gasteiger partial charge in [0.15, 0.2) is 0 Å². The maximum atomic E-state index is 6.14. The largest absolute Gasteiger partial charge is 0.344 e. The van der Waals surface area contributed by atoms with Gasteiger partial charge in [-0.1, -0.05) is 36.7 Å². The number of hydrogen-bond donors (Lipinski definition) is 1. The molecular weight excluding hydrogens is 268 g/mol. The lowest BCUT2D eigenvalue weighted by Gasteiger charge is -2.23. The first-order chi connectivity index (χ1) is 9.65. The van der Waals surface area contributed by atoms with E-state index in [1.54, 1.807) is 0 Å². The fourth-order valence-electron chi connectivity index (χ4n) is 2.31. The summed E-state index contributed by atoms with van der Waals surface area (Å²) >= 11 is 6.14. The van der Waals surface area contributed by atoms with Crippen LogP contribution in [0.3, 0.4) is 0 Å². The van der Waals surface area contributed by atoms with Crippen LogP contribution in [0.2, 0.25) is 5.02 Å². The lowest BCUT2D eigenvalue weighted by atomic mass is 10.1. The third kappa shape index (κ3) is 3.33. The Hall–Kier alpha value is -1.51. The maximum absolute atomic E-state index is 6.14. The van der Waals surface area contributed by atoms with Gasteiger partial charge in [0.25, 0.3) is 0 Å². The average Bonchev–Trinajstić information content (AvgIpc) is 2.48. The van der Waals surface area contributed by atoms with Gasteiger partial charge in [-0.05, 0) is 54.8 Å². The molecule has 0 fully saturated rings. The molecule has 0 saturated carbocycles. The zero-order chi connectivity index (χ0) is 14.5. The number of halogens is 1. The number of anilines is 2. The molecule has 106 valence electrons. The minimum absolute atomic E-state index is 0.636. The number of nitrogens with two attached hydrogens (primary N) is 1. The summed E-state index contributed by atoms with van der Waals surface area (Å²) in [5.74, 6) is 0. The van der Waals surface area contributed by atoms with Crippen LogP contribution in [-0.4, -0.2) is 13.6 Å². The zero-order valence-electron chi connectivity index (χ0n) is 12.1. The molecule has 0 aliphatic carbocycles. The summed E-state index contributed by atoms with van der Waals surface area (Å²) in [7, 11) is 2.06. The number of hydrogen-bond acceptors (Lipinski definition) is 2. The molecule has 0 aliphatic heterocycles. The van der Waals surface area contributed by atoms with Crippen LogP contribution in [0, 0.1) is 0 Å². The summed E-state index contributed by atoms with van der Waals surface area (Å²) in [5, 5.41) is 0.748. The van der Waals surface area contributed by atoms with Gasteiger partial charge in [-0.15, -0.1) is 0 Å². The van der Waals surface area contributed by atoms with Crippen molar-refractivity contribution in [2.24, 2.45) is 5.73 Å². The standard InChI is InChI=1S/C17H21ClN2/c1-3-13-4-8-16(9-5-13)20(2)17-12-15(18)7-6-14(17)10-11-19/h4-9,12H,3,10-11,19H2,1-2H3. The smallest absolute Gasteiger partial charge is 0.0456 e. The highest BCUT2D eigenvalue weighted by Gasteiger charge is 2.10. The highest BCUT2D eigenvalue weighted by atomic mass is 35.5.